The van der Waals surface area contributed by atoms with Crippen LogP contribution in [0, 0.1) is 5.92 Å². The first kappa shape index (κ1) is 12.3. The Morgan fingerprint density at radius 2 is 2.06 bits per heavy atom. The molecule has 0 saturated heterocycles. The summed E-state index contributed by atoms with van der Waals surface area (Å²) >= 11 is 0. The van der Waals surface area contributed by atoms with Crippen molar-refractivity contribution in [3.8, 4) is 0 Å². The summed E-state index contributed by atoms with van der Waals surface area (Å²) in [6.45, 7) is 0. The molecular formula is C14H19NO2. The Morgan fingerprint density at radius 1 is 1.29 bits per heavy atom. The number of para-hydroxylation sites is 1. The summed E-state index contributed by atoms with van der Waals surface area (Å²) in [6, 6.07) is 9.80. The highest BCUT2D eigenvalue weighted by Gasteiger charge is 2.27. The Balaban J connectivity index is 1.99. The average Bonchev–Trinajstić information content (AvgIpc) is 2.39. The molecule has 1 aromatic rings. The van der Waals surface area contributed by atoms with Gasteiger partial charge in [-0.15, -0.1) is 0 Å². The molecular weight excluding hydrogens is 214 g/mol. The molecule has 1 saturated carbocycles. The monoisotopic (exact) mass is 233 g/mol. The maximum atomic E-state index is 9.91. The van der Waals surface area contributed by atoms with Crippen molar-refractivity contribution in [3.05, 3.63) is 30.3 Å². The van der Waals surface area contributed by atoms with Crippen LogP contribution in [0.2, 0.25) is 0 Å². The van der Waals surface area contributed by atoms with E-state index in [1.165, 1.54) is 0 Å². The van der Waals surface area contributed by atoms with Gasteiger partial charge in [0.2, 0.25) is 0 Å². The number of aliphatic imine (C=N–C) groups is 1. The predicted octanol–water partition coefficient (Wildman–Crippen LogP) is 2.56. The van der Waals surface area contributed by atoms with Crippen LogP contribution in [0.15, 0.2) is 35.3 Å². The van der Waals surface area contributed by atoms with Gasteiger partial charge in [0.05, 0.1) is 17.9 Å². The Bertz CT molecular complexity index is 364. The molecule has 1 aliphatic carbocycles. The SMILES string of the molecule is CO[C@H]1CC[C@H](O)[C@H](C=Nc2ccccc2)C1. The van der Waals surface area contributed by atoms with Crippen molar-refractivity contribution in [2.24, 2.45) is 10.9 Å². The van der Waals surface area contributed by atoms with E-state index < -0.39 is 0 Å². The third-order valence-corrected chi connectivity index (χ3v) is 3.32. The zero-order chi connectivity index (χ0) is 12.1. The quantitative estimate of drug-likeness (QED) is 0.815. The standard InChI is InChI=1S/C14H19NO2/c1-17-13-7-8-14(16)11(9-13)10-15-12-5-3-2-4-6-12/h2-6,10-11,13-14,16H,7-9H2,1H3/t11-,13-,14-/m0/s1. The van der Waals surface area contributed by atoms with Gasteiger partial charge in [0.15, 0.2) is 0 Å². The van der Waals surface area contributed by atoms with Crippen LogP contribution < -0.4 is 0 Å². The van der Waals surface area contributed by atoms with E-state index in [0.29, 0.717) is 0 Å². The second-order valence-electron chi connectivity index (χ2n) is 4.52. The number of aliphatic hydroxyl groups is 1. The number of methoxy groups -OCH3 is 1. The third kappa shape index (κ3) is 3.38. The molecule has 3 atom stereocenters. The summed E-state index contributed by atoms with van der Waals surface area (Å²) in [5.41, 5.74) is 0.930. The molecule has 2 rings (SSSR count). The van der Waals surface area contributed by atoms with Crippen molar-refractivity contribution in [3.63, 3.8) is 0 Å². The van der Waals surface area contributed by atoms with Crippen LogP contribution in [0.4, 0.5) is 5.69 Å². The summed E-state index contributed by atoms with van der Waals surface area (Å²) in [4.78, 5) is 4.41. The molecule has 1 N–H and O–H groups in total. The largest absolute Gasteiger partial charge is 0.392 e. The van der Waals surface area contributed by atoms with Crippen molar-refractivity contribution in [2.45, 2.75) is 31.5 Å². The Morgan fingerprint density at radius 3 is 2.76 bits per heavy atom. The predicted molar refractivity (Wildman–Crippen MR) is 68.7 cm³/mol. The van der Waals surface area contributed by atoms with Gasteiger partial charge in [-0.2, -0.15) is 0 Å². The van der Waals surface area contributed by atoms with Crippen molar-refractivity contribution < 1.29 is 9.84 Å². The minimum Gasteiger partial charge on any atom is -0.392 e. The fourth-order valence-corrected chi connectivity index (χ4v) is 2.22. The highest BCUT2D eigenvalue weighted by Crippen LogP contribution is 2.26. The van der Waals surface area contributed by atoms with Crippen LogP contribution in [0.3, 0.4) is 0 Å². The van der Waals surface area contributed by atoms with Gasteiger partial charge in [-0.05, 0) is 31.4 Å². The summed E-state index contributed by atoms with van der Waals surface area (Å²) in [6.07, 6.45) is 4.43. The van der Waals surface area contributed by atoms with Gasteiger partial charge in [-0.3, -0.25) is 4.99 Å². The van der Waals surface area contributed by atoms with Gasteiger partial charge in [0.1, 0.15) is 0 Å². The minimum absolute atomic E-state index is 0.105. The zero-order valence-corrected chi connectivity index (χ0v) is 10.1. The van der Waals surface area contributed by atoms with Gasteiger partial charge in [-0.25, -0.2) is 0 Å². The van der Waals surface area contributed by atoms with E-state index in [1.807, 2.05) is 36.5 Å². The highest BCUT2D eigenvalue weighted by atomic mass is 16.5. The van der Waals surface area contributed by atoms with E-state index in [4.69, 9.17) is 4.74 Å². The lowest BCUT2D eigenvalue weighted by atomic mass is 9.85. The normalized spacial score (nSPS) is 29.6. The molecule has 17 heavy (non-hydrogen) atoms. The summed E-state index contributed by atoms with van der Waals surface area (Å²) in [5, 5.41) is 9.91. The third-order valence-electron chi connectivity index (χ3n) is 3.32. The van der Waals surface area contributed by atoms with Crippen LogP contribution in [0.25, 0.3) is 0 Å². The fraction of sp³-hybridized carbons (Fsp3) is 0.500. The minimum atomic E-state index is -0.283. The van der Waals surface area contributed by atoms with Crippen LogP contribution in [0.1, 0.15) is 19.3 Å². The Labute approximate surface area is 102 Å². The lowest BCUT2D eigenvalue weighted by Crippen LogP contribution is -2.33. The van der Waals surface area contributed by atoms with E-state index in [0.717, 1.165) is 24.9 Å². The molecule has 0 heterocycles. The molecule has 0 bridgehead atoms. The number of ether oxygens (including phenoxy) is 1. The van der Waals surface area contributed by atoms with Crippen molar-refractivity contribution in [2.75, 3.05) is 7.11 Å². The fourth-order valence-electron chi connectivity index (χ4n) is 2.22. The summed E-state index contributed by atoms with van der Waals surface area (Å²) in [7, 11) is 1.73. The molecule has 0 aliphatic heterocycles. The number of aliphatic hydroxyl groups excluding tert-OH is 1. The Hall–Kier alpha value is -1.19. The second-order valence-corrected chi connectivity index (χ2v) is 4.52. The molecule has 1 aliphatic rings. The van der Waals surface area contributed by atoms with E-state index >= 15 is 0 Å². The van der Waals surface area contributed by atoms with Crippen LogP contribution >= 0.6 is 0 Å². The van der Waals surface area contributed by atoms with E-state index in [1.54, 1.807) is 7.11 Å². The van der Waals surface area contributed by atoms with Gasteiger partial charge in [0.25, 0.3) is 0 Å². The number of hydrogen-bond acceptors (Lipinski definition) is 3. The highest BCUT2D eigenvalue weighted by molar-refractivity contribution is 5.66. The van der Waals surface area contributed by atoms with Crippen LogP contribution in [-0.4, -0.2) is 30.6 Å². The molecule has 1 fully saturated rings. The topological polar surface area (TPSA) is 41.8 Å². The van der Waals surface area contributed by atoms with Crippen molar-refractivity contribution in [1.29, 1.82) is 0 Å². The van der Waals surface area contributed by atoms with E-state index in [-0.39, 0.29) is 18.1 Å². The lowest BCUT2D eigenvalue weighted by Gasteiger charge is -2.30. The van der Waals surface area contributed by atoms with Gasteiger partial charge < -0.3 is 9.84 Å². The molecule has 1 aromatic carbocycles. The van der Waals surface area contributed by atoms with Crippen LogP contribution in [-0.2, 0) is 4.74 Å². The summed E-state index contributed by atoms with van der Waals surface area (Å²) < 4.78 is 5.35. The average molecular weight is 233 g/mol. The smallest absolute Gasteiger partial charge is 0.0625 e. The molecule has 3 nitrogen and oxygen atoms in total. The zero-order valence-electron chi connectivity index (χ0n) is 10.1. The van der Waals surface area contributed by atoms with E-state index in [9.17, 15) is 5.11 Å². The summed E-state index contributed by atoms with van der Waals surface area (Å²) in [5.74, 6) is 0.105. The molecule has 92 valence electrons. The van der Waals surface area contributed by atoms with Crippen molar-refractivity contribution >= 4 is 11.9 Å². The second kappa shape index (κ2) is 5.94. The molecule has 3 heteroatoms. The van der Waals surface area contributed by atoms with Gasteiger partial charge in [0, 0.05) is 19.2 Å². The van der Waals surface area contributed by atoms with Gasteiger partial charge in [-0.1, -0.05) is 18.2 Å². The maximum absolute atomic E-state index is 9.91. The molecule has 0 aromatic heterocycles. The first-order valence-corrected chi connectivity index (χ1v) is 6.09. The van der Waals surface area contributed by atoms with Crippen LogP contribution in [0.5, 0.6) is 0 Å². The number of rotatable bonds is 3. The molecule has 0 spiro atoms. The molecule has 0 amide bonds. The number of nitrogens with zero attached hydrogens (tertiary/aromatic N) is 1. The first-order chi connectivity index (χ1) is 8.29. The number of hydrogen-bond donors (Lipinski definition) is 1. The van der Waals surface area contributed by atoms with Gasteiger partial charge >= 0.3 is 0 Å². The molecule has 0 radical (unpaired) electrons. The number of benzene rings is 1. The lowest BCUT2D eigenvalue weighted by molar-refractivity contribution is 0.00748. The Kier molecular flexibility index (Phi) is 4.29. The maximum Gasteiger partial charge on any atom is 0.0625 e. The molecule has 0 unspecified atom stereocenters. The van der Waals surface area contributed by atoms with Crippen molar-refractivity contribution in [1.82, 2.24) is 0 Å². The van der Waals surface area contributed by atoms with E-state index in [2.05, 4.69) is 4.99 Å². The first-order valence-electron chi connectivity index (χ1n) is 6.09.